The molecule has 3 heterocycles. The number of para-hydroxylation sites is 1. The summed E-state index contributed by atoms with van der Waals surface area (Å²) in [7, 11) is 0. The molecule has 6 nitrogen and oxygen atoms in total. The van der Waals surface area contributed by atoms with Gasteiger partial charge in [0.05, 0.1) is 29.5 Å². The molecule has 27 heavy (non-hydrogen) atoms. The number of benzene rings is 1. The molecule has 2 aliphatic rings. The van der Waals surface area contributed by atoms with E-state index in [0.29, 0.717) is 24.6 Å². The van der Waals surface area contributed by atoms with Crippen LogP contribution >= 0.6 is 0 Å². The summed E-state index contributed by atoms with van der Waals surface area (Å²) in [5.41, 5.74) is 3.48. The van der Waals surface area contributed by atoms with E-state index in [2.05, 4.69) is 15.2 Å². The Labute approximate surface area is 159 Å². The molecular formula is C21H27N3O3. The van der Waals surface area contributed by atoms with Gasteiger partial charge in [-0.15, -0.1) is 0 Å². The Hall–Kier alpha value is -2.02. The van der Waals surface area contributed by atoms with Crippen molar-refractivity contribution >= 4 is 16.8 Å². The molecule has 0 radical (unpaired) electrons. The monoisotopic (exact) mass is 369 g/mol. The average molecular weight is 369 g/mol. The first-order valence-corrected chi connectivity index (χ1v) is 9.69. The zero-order chi connectivity index (χ0) is 19.0. The highest BCUT2D eigenvalue weighted by molar-refractivity contribution is 5.99. The van der Waals surface area contributed by atoms with Gasteiger partial charge in [0.2, 0.25) is 0 Å². The second-order valence-electron chi connectivity index (χ2n) is 7.75. The number of amides is 1. The number of hydrogen-bond acceptors (Lipinski definition) is 5. The Morgan fingerprint density at radius 2 is 2.22 bits per heavy atom. The molecule has 2 aliphatic heterocycles. The van der Waals surface area contributed by atoms with E-state index < -0.39 is 0 Å². The molecule has 0 saturated carbocycles. The lowest BCUT2D eigenvalue weighted by molar-refractivity contribution is -0.0566. The van der Waals surface area contributed by atoms with Gasteiger partial charge in [0.15, 0.2) is 0 Å². The molecule has 2 aromatic rings. The Kier molecular flexibility index (Phi) is 5.12. The molecule has 2 N–H and O–H groups in total. The summed E-state index contributed by atoms with van der Waals surface area (Å²) in [6, 6.07) is 8.45. The first-order valence-electron chi connectivity index (χ1n) is 9.69. The standard InChI is InChI=1S/C21H27N3O3/c1-13-4-3-5-15-8-19(14(2)22-20(13)15)21(26)23-16-9-17-12-27-18(6-7-25)11-24(17)10-16/h3-5,8,16-18,25H,6-7,9-12H2,1-2H3,(H,23,26)/t16-,17-,18-/m0/s1. The summed E-state index contributed by atoms with van der Waals surface area (Å²) < 4.78 is 5.82. The second-order valence-corrected chi connectivity index (χ2v) is 7.75. The number of nitrogens with zero attached hydrogens (tertiary/aromatic N) is 2. The molecule has 2 fully saturated rings. The van der Waals surface area contributed by atoms with Crippen molar-refractivity contribution in [2.24, 2.45) is 0 Å². The lowest BCUT2D eigenvalue weighted by atomic mass is 10.1. The van der Waals surface area contributed by atoms with Crippen molar-refractivity contribution in [2.75, 3.05) is 26.3 Å². The van der Waals surface area contributed by atoms with Crippen LogP contribution < -0.4 is 5.32 Å². The van der Waals surface area contributed by atoms with Crippen molar-refractivity contribution in [3.63, 3.8) is 0 Å². The Bertz CT molecular complexity index is 854. The molecule has 2 saturated heterocycles. The van der Waals surface area contributed by atoms with Crippen LogP contribution in [0, 0.1) is 13.8 Å². The summed E-state index contributed by atoms with van der Waals surface area (Å²) >= 11 is 0. The predicted molar refractivity (Wildman–Crippen MR) is 104 cm³/mol. The molecule has 0 aliphatic carbocycles. The predicted octanol–water partition coefficient (Wildman–Crippen LogP) is 1.81. The highest BCUT2D eigenvalue weighted by Gasteiger charge is 2.37. The van der Waals surface area contributed by atoms with Crippen LogP contribution in [0.2, 0.25) is 0 Å². The van der Waals surface area contributed by atoms with Gasteiger partial charge in [0.25, 0.3) is 5.91 Å². The van der Waals surface area contributed by atoms with E-state index >= 15 is 0 Å². The number of aryl methyl sites for hydroxylation is 2. The number of ether oxygens (including phenoxy) is 1. The molecule has 144 valence electrons. The second kappa shape index (κ2) is 7.54. The number of aliphatic hydroxyl groups is 1. The fourth-order valence-electron chi connectivity index (χ4n) is 4.30. The normalized spacial score (nSPS) is 25.5. The van der Waals surface area contributed by atoms with E-state index in [0.717, 1.165) is 41.7 Å². The smallest absolute Gasteiger partial charge is 0.253 e. The molecule has 4 rings (SSSR count). The number of hydrogen-bond donors (Lipinski definition) is 2. The third-order valence-corrected chi connectivity index (χ3v) is 5.76. The van der Waals surface area contributed by atoms with Crippen molar-refractivity contribution in [2.45, 2.75) is 44.9 Å². The number of pyridine rings is 1. The van der Waals surface area contributed by atoms with Gasteiger partial charge >= 0.3 is 0 Å². The van der Waals surface area contributed by atoms with Gasteiger partial charge in [-0.3, -0.25) is 14.7 Å². The average Bonchev–Trinajstić information content (AvgIpc) is 3.03. The van der Waals surface area contributed by atoms with Gasteiger partial charge in [-0.2, -0.15) is 0 Å². The molecule has 0 bridgehead atoms. The molecule has 1 aromatic carbocycles. The number of rotatable bonds is 4. The molecule has 0 spiro atoms. The van der Waals surface area contributed by atoms with Crippen molar-refractivity contribution < 1.29 is 14.6 Å². The van der Waals surface area contributed by atoms with Crippen molar-refractivity contribution in [1.82, 2.24) is 15.2 Å². The van der Waals surface area contributed by atoms with Gasteiger partial charge < -0.3 is 15.2 Å². The maximum absolute atomic E-state index is 12.9. The van der Waals surface area contributed by atoms with Gasteiger partial charge in [-0.1, -0.05) is 18.2 Å². The van der Waals surface area contributed by atoms with Crippen molar-refractivity contribution in [3.8, 4) is 0 Å². The zero-order valence-electron chi connectivity index (χ0n) is 15.9. The number of carbonyl (C=O) groups is 1. The number of nitrogens with one attached hydrogen (secondary N) is 1. The molecule has 3 atom stereocenters. The highest BCUT2D eigenvalue weighted by atomic mass is 16.5. The van der Waals surface area contributed by atoms with Crippen LogP contribution in [0.3, 0.4) is 0 Å². The zero-order valence-corrected chi connectivity index (χ0v) is 15.9. The number of fused-ring (bicyclic) bond motifs is 2. The van der Waals surface area contributed by atoms with Crippen LogP contribution in [-0.2, 0) is 4.74 Å². The van der Waals surface area contributed by atoms with Crippen LogP contribution in [0.1, 0.15) is 34.5 Å². The summed E-state index contributed by atoms with van der Waals surface area (Å²) in [5, 5.41) is 13.3. The minimum absolute atomic E-state index is 0.0546. The van der Waals surface area contributed by atoms with Crippen LogP contribution in [0.4, 0.5) is 0 Å². The number of aliphatic hydroxyl groups excluding tert-OH is 1. The third kappa shape index (κ3) is 3.70. The number of aromatic nitrogens is 1. The van der Waals surface area contributed by atoms with Crippen LogP contribution in [0.25, 0.3) is 10.9 Å². The Morgan fingerprint density at radius 1 is 1.37 bits per heavy atom. The fraction of sp³-hybridized carbons (Fsp3) is 0.524. The van der Waals surface area contributed by atoms with E-state index in [-0.39, 0.29) is 24.7 Å². The lowest BCUT2D eigenvalue weighted by Gasteiger charge is -2.34. The van der Waals surface area contributed by atoms with Crippen LogP contribution in [0.15, 0.2) is 24.3 Å². The quantitative estimate of drug-likeness (QED) is 0.860. The molecule has 6 heteroatoms. The van der Waals surface area contributed by atoms with E-state index in [9.17, 15) is 4.79 Å². The molecular weight excluding hydrogens is 342 g/mol. The molecule has 0 unspecified atom stereocenters. The van der Waals surface area contributed by atoms with Gasteiger partial charge in [-0.25, -0.2) is 0 Å². The topological polar surface area (TPSA) is 74.7 Å². The van der Waals surface area contributed by atoms with Crippen LogP contribution in [-0.4, -0.2) is 65.4 Å². The highest BCUT2D eigenvalue weighted by Crippen LogP contribution is 2.25. The first-order chi connectivity index (χ1) is 13.0. The van der Waals surface area contributed by atoms with Gasteiger partial charge in [0.1, 0.15) is 0 Å². The lowest BCUT2D eigenvalue weighted by Crippen LogP contribution is -2.46. The summed E-state index contributed by atoms with van der Waals surface area (Å²) in [6.45, 7) is 6.42. The Morgan fingerprint density at radius 3 is 3.04 bits per heavy atom. The maximum Gasteiger partial charge on any atom is 0.253 e. The summed E-state index contributed by atoms with van der Waals surface area (Å²) in [6.07, 6.45) is 1.66. The number of carbonyl (C=O) groups excluding carboxylic acids is 1. The summed E-state index contributed by atoms with van der Waals surface area (Å²) in [5.74, 6) is -0.0546. The van der Waals surface area contributed by atoms with E-state index in [1.807, 2.05) is 38.1 Å². The Balaban J connectivity index is 1.46. The largest absolute Gasteiger partial charge is 0.396 e. The SMILES string of the molecule is Cc1nc2c(C)cccc2cc1C(=O)N[C@H]1C[C@H]2CO[C@@H](CCO)CN2C1. The number of morpholine rings is 1. The van der Waals surface area contributed by atoms with E-state index in [1.54, 1.807) is 0 Å². The van der Waals surface area contributed by atoms with Gasteiger partial charge in [0, 0.05) is 37.2 Å². The summed E-state index contributed by atoms with van der Waals surface area (Å²) in [4.78, 5) is 19.9. The fourth-order valence-corrected chi connectivity index (χ4v) is 4.30. The molecule has 1 aromatic heterocycles. The maximum atomic E-state index is 12.9. The first kappa shape index (κ1) is 18.3. The van der Waals surface area contributed by atoms with Gasteiger partial charge in [-0.05, 0) is 38.3 Å². The third-order valence-electron chi connectivity index (χ3n) is 5.76. The molecule has 1 amide bonds. The van der Waals surface area contributed by atoms with E-state index in [4.69, 9.17) is 9.84 Å². The minimum atomic E-state index is -0.0546. The van der Waals surface area contributed by atoms with Crippen molar-refractivity contribution in [1.29, 1.82) is 0 Å². The van der Waals surface area contributed by atoms with Crippen molar-refractivity contribution in [3.05, 3.63) is 41.1 Å². The minimum Gasteiger partial charge on any atom is -0.396 e. The van der Waals surface area contributed by atoms with Crippen LogP contribution in [0.5, 0.6) is 0 Å². The van der Waals surface area contributed by atoms with E-state index in [1.165, 1.54) is 0 Å².